The summed E-state index contributed by atoms with van der Waals surface area (Å²) in [5.74, 6) is 0.754. The summed E-state index contributed by atoms with van der Waals surface area (Å²) < 4.78 is 0. The fourth-order valence-electron chi connectivity index (χ4n) is 4.49. The Bertz CT molecular complexity index is 638. The molecule has 0 aromatic carbocycles. The van der Waals surface area contributed by atoms with E-state index >= 15 is 0 Å². The summed E-state index contributed by atoms with van der Waals surface area (Å²) in [5, 5.41) is 10.3. The van der Waals surface area contributed by atoms with Crippen LogP contribution in [-0.4, -0.2) is 51.8 Å². The number of nitrogens with zero attached hydrogens (tertiary/aromatic N) is 3. The molecule has 132 valence electrons. The SMILES string of the molecule is O=c1[nH]c(N2CCCCC2)nc2c1CN([C@H]1CCCC[C@@H]1O)CC2. The van der Waals surface area contributed by atoms with Crippen molar-refractivity contribution in [3.05, 3.63) is 21.6 Å². The molecule has 1 aromatic heterocycles. The normalized spacial score (nSPS) is 28.6. The molecule has 1 saturated carbocycles. The van der Waals surface area contributed by atoms with Crippen LogP contribution in [-0.2, 0) is 13.0 Å². The van der Waals surface area contributed by atoms with Gasteiger partial charge in [-0.3, -0.25) is 14.7 Å². The number of hydrogen-bond acceptors (Lipinski definition) is 5. The fourth-order valence-corrected chi connectivity index (χ4v) is 4.49. The Balaban J connectivity index is 1.54. The lowest BCUT2D eigenvalue weighted by molar-refractivity contribution is 0.0126. The quantitative estimate of drug-likeness (QED) is 0.857. The average Bonchev–Trinajstić information content (AvgIpc) is 2.63. The fraction of sp³-hybridized carbons (Fsp3) is 0.778. The van der Waals surface area contributed by atoms with E-state index in [1.54, 1.807) is 0 Å². The maximum absolute atomic E-state index is 12.6. The van der Waals surface area contributed by atoms with Crippen molar-refractivity contribution in [2.24, 2.45) is 0 Å². The van der Waals surface area contributed by atoms with E-state index in [-0.39, 0.29) is 17.7 Å². The first-order valence-electron chi connectivity index (χ1n) is 9.51. The van der Waals surface area contributed by atoms with Crippen molar-refractivity contribution >= 4 is 5.95 Å². The van der Waals surface area contributed by atoms with Crippen LogP contribution in [0.1, 0.15) is 56.2 Å². The number of nitrogens with one attached hydrogen (secondary N) is 1. The van der Waals surface area contributed by atoms with Crippen molar-refractivity contribution in [2.75, 3.05) is 24.5 Å². The number of fused-ring (bicyclic) bond motifs is 1. The molecule has 2 fully saturated rings. The zero-order valence-corrected chi connectivity index (χ0v) is 14.3. The van der Waals surface area contributed by atoms with Crippen molar-refractivity contribution < 1.29 is 5.11 Å². The highest BCUT2D eigenvalue weighted by molar-refractivity contribution is 5.34. The van der Waals surface area contributed by atoms with Crippen molar-refractivity contribution in [1.82, 2.24) is 14.9 Å². The summed E-state index contributed by atoms with van der Waals surface area (Å²) >= 11 is 0. The van der Waals surface area contributed by atoms with Crippen molar-refractivity contribution in [3.8, 4) is 0 Å². The Morgan fingerprint density at radius 1 is 1.04 bits per heavy atom. The lowest BCUT2D eigenvalue weighted by Gasteiger charge is -2.39. The molecule has 6 heteroatoms. The highest BCUT2D eigenvalue weighted by Gasteiger charge is 2.32. The molecule has 24 heavy (non-hydrogen) atoms. The third kappa shape index (κ3) is 3.09. The summed E-state index contributed by atoms with van der Waals surface area (Å²) in [6.07, 6.45) is 8.39. The van der Waals surface area contributed by atoms with E-state index in [0.717, 1.165) is 62.5 Å². The van der Waals surface area contributed by atoms with Crippen molar-refractivity contribution in [2.45, 2.75) is 70.1 Å². The smallest absolute Gasteiger partial charge is 0.257 e. The Labute approximate surface area is 142 Å². The van der Waals surface area contributed by atoms with E-state index in [2.05, 4.69) is 14.8 Å². The minimum Gasteiger partial charge on any atom is -0.391 e. The van der Waals surface area contributed by atoms with Crippen LogP contribution < -0.4 is 10.5 Å². The second-order valence-electron chi connectivity index (χ2n) is 7.50. The lowest BCUT2D eigenvalue weighted by atomic mass is 9.90. The number of H-pyrrole nitrogens is 1. The first kappa shape index (κ1) is 16.1. The molecule has 0 amide bonds. The van der Waals surface area contributed by atoms with E-state index in [1.807, 2.05) is 0 Å². The van der Waals surface area contributed by atoms with E-state index in [1.165, 1.54) is 25.7 Å². The summed E-state index contributed by atoms with van der Waals surface area (Å²) in [7, 11) is 0. The molecule has 6 nitrogen and oxygen atoms in total. The Kier molecular flexibility index (Phi) is 4.59. The largest absolute Gasteiger partial charge is 0.391 e. The molecule has 0 radical (unpaired) electrons. The molecule has 3 heterocycles. The lowest BCUT2D eigenvalue weighted by Crippen LogP contribution is -2.49. The molecule has 0 spiro atoms. The van der Waals surface area contributed by atoms with Gasteiger partial charge in [0, 0.05) is 38.6 Å². The van der Waals surface area contributed by atoms with Crippen molar-refractivity contribution in [3.63, 3.8) is 0 Å². The molecule has 3 aliphatic rings. The Morgan fingerprint density at radius 2 is 1.83 bits per heavy atom. The van der Waals surface area contributed by atoms with E-state index < -0.39 is 0 Å². The zero-order chi connectivity index (χ0) is 16.5. The summed E-state index contributed by atoms with van der Waals surface area (Å²) in [6.45, 7) is 3.49. The Hall–Kier alpha value is -1.40. The second-order valence-corrected chi connectivity index (χ2v) is 7.50. The van der Waals surface area contributed by atoms with Gasteiger partial charge in [-0.2, -0.15) is 0 Å². The van der Waals surface area contributed by atoms with Crippen LogP contribution in [0.5, 0.6) is 0 Å². The van der Waals surface area contributed by atoms with E-state index in [4.69, 9.17) is 4.98 Å². The molecule has 2 aliphatic heterocycles. The average molecular weight is 332 g/mol. The van der Waals surface area contributed by atoms with Crippen LogP contribution in [0.3, 0.4) is 0 Å². The number of rotatable bonds is 2. The van der Waals surface area contributed by atoms with E-state index in [9.17, 15) is 9.90 Å². The number of hydrogen-bond donors (Lipinski definition) is 2. The van der Waals surface area contributed by atoms with Gasteiger partial charge in [-0.15, -0.1) is 0 Å². The molecule has 4 rings (SSSR count). The third-order valence-corrected chi connectivity index (χ3v) is 5.90. The highest BCUT2D eigenvalue weighted by atomic mass is 16.3. The number of piperidine rings is 1. The number of aliphatic hydroxyl groups excluding tert-OH is 1. The van der Waals surface area contributed by atoms with Gasteiger partial charge in [-0.1, -0.05) is 12.8 Å². The number of aromatic nitrogens is 2. The molecule has 0 bridgehead atoms. The van der Waals surface area contributed by atoms with Gasteiger partial charge in [0.1, 0.15) is 0 Å². The summed E-state index contributed by atoms with van der Waals surface area (Å²) in [4.78, 5) is 24.9. The Morgan fingerprint density at radius 3 is 2.62 bits per heavy atom. The summed E-state index contributed by atoms with van der Waals surface area (Å²) in [5.41, 5.74) is 1.77. The first-order chi connectivity index (χ1) is 11.7. The minimum atomic E-state index is -0.250. The topological polar surface area (TPSA) is 72.5 Å². The molecular formula is C18H28N4O2. The van der Waals surface area contributed by atoms with Crippen LogP contribution in [0.2, 0.25) is 0 Å². The second kappa shape index (κ2) is 6.84. The third-order valence-electron chi connectivity index (χ3n) is 5.90. The number of aromatic amines is 1. The van der Waals surface area contributed by atoms with Gasteiger partial charge < -0.3 is 10.0 Å². The standard InChI is InChI=1S/C18H28N4O2/c23-16-7-3-2-6-15(16)22-11-8-14-13(12-22)17(24)20-18(19-14)21-9-4-1-5-10-21/h15-16,23H,1-12H2,(H,19,20,24)/t15-,16-/m0/s1. The summed E-state index contributed by atoms with van der Waals surface area (Å²) in [6, 6.07) is 0.202. The molecule has 1 saturated heterocycles. The molecule has 2 atom stereocenters. The molecule has 2 N–H and O–H groups in total. The predicted molar refractivity (Wildman–Crippen MR) is 93.3 cm³/mol. The van der Waals surface area contributed by atoms with Gasteiger partial charge in [0.2, 0.25) is 5.95 Å². The monoisotopic (exact) mass is 332 g/mol. The molecule has 1 aromatic rings. The first-order valence-corrected chi connectivity index (χ1v) is 9.51. The van der Waals surface area contributed by atoms with Crippen LogP contribution >= 0.6 is 0 Å². The zero-order valence-electron chi connectivity index (χ0n) is 14.3. The van der Waals surface area contributed by atoms with E-state index in [0.29, 0.717) is 6.54 Å². The minimum absolute atomic E-state index is 0.00979. The van der Waals surface area contributed by atoms with Crippen LogP contribution in [0, 0.1) is 0 Å². The van der Waals surface area contributed by atoms with Gasteiger partial charge in [-0.25, -0.2) is 4.98 Å². The number of aliphatic hydroxyl groups is 1. The van der Waals surface area contributed by atoms with Crippen LogP contribution in [0.15, 0.2) is 4.79 Å². The van der Waals surface area contributed by atoms with Crippen LogP contribution in [0.25, 0.3) is 0 Å². The van der Waals surface area contributed by atoms with Crippen molar-refractivity contribution in [1.29, 1.82) is 0 Å². The number of anilines is 1. The van der Waals surface area contributed by atoms with Crippen LogP contribution in [0.4, 0.5) is 5.95 Å². The van der Waals surface area contributed by atoms with Gasteiger partial charge in [-0.05, 0) is 32.1 Å². The van der Waals surface area contributed by atoms with Gasteiger partial charge in [0.15, 0.2) is 0 Å². The van der Waals surface area contributed by atoms with Gasteiger partial charge in [0.25, 0.3) is 5.56 Å². The molecular weight excluding hydrogens is 304 g/mol. The van der Waals surface area contributed by atoms with Gasteiger partial charge >= 0.3 is 0 Å². The van der Waals surface area contributed by atoms with Gasteiger partial charge in [0.05, 0.1) is 17.4 Å². The maximum atomic E-state index is 12.6. The maximum Gasteiger partial charge on any atom is 0.257 e. The molecule has 0 unspecified atom stereocenters. The highest BCUT2D eigenvalue weighted by Crippen LogP contribution is 2.27. The molecule has 1 aliphatic carbocycles. The predicted octanol–water partition coefficient (Wildman–Crippen LogP) is 1.42.